The minimum atomic E-state index is 1.14. The van der Waals surface area contributed by atoms with Gasteiger partial charge in [0.2, 0.25) is 0 Å². The molecule has 1 aromatic heterocycles. The fourth-order valence-electron chi connectivity index (χ4n) is 0.908. The Hall–Kier alpha value is 0.320. The molecule has 4 heteroatoms. The van der Waals surface area contributed by atoms with Crippen LogP contribution in [0.5, 0.6) is 0 Å². The lowest BCUT2D eigenvalue weighted by Gasteiger charge is -1.93. The van der Waals surface area contributed by atoms with Crippen LogP contribution in [0.25, 0.3) is 10.1 Å². The Morgan fingerprint density at radius 1 is 1.45 bits per heavy atom. The van der Waals surface area contributed by atoms with E-state index in [1.54, 1.807) is 0 Å². The number of benzene rings is 1. The summed E-state index contributed by atoms with van der Waals surface area (Å²) < 4.78 is 7.72. The highest BCUT2D eigenvalue weighted by molar-refractivity contribution is 14.1. The van der Waals surface area contributed by atoms with Crippen LogP contribution in [0.2, 0.25) is 0 Å². The Morgan fingerprint density at radius 3 is 3.09 bits per heavy atom. The molecule has 0 radical (unpaired) electrons. The predicted molar refractivity (Wildman–Crippen MR) is 60.0 cm³/mol. The van der Waals surface area contributed by atoms with E-state index in [2.05, 4.69) is 55.0 Å². The van der Waals surface area contributed by atoms with Crippen molar-refractivity contribution >= 4 is 60.1 Å². The van der Waals surface area contributed by atoms with E-state index in [9.17, 15) is 0 Å². The molecule has 1 aromatic carbocycles. The Bertz CT molecular complexity index is 398. The molecule has 1 heterocycles. The first-order valence-corrected chi connectivity index (χ1v) is 5.61. The van der Waals surface area contributed by atoms with Crippen LogP contribution in [0, 0.1) is 3.57 Å². The minimum absolute atomic E-state index is 1.14. The van der Waals surface area contributed by atoms with Crippen LogP contribution in [0.15, 0.2) is 22.8 Å². The number of fused-ring (bicyclic) bond motifs is 1. The summed E-state index contributed by atoms with van der Waals surface area (Å²) in [5, 5.41) is 1.22. The van der Waals surface area contributed by atoms with E-state index in [1.807, 2.05) is 6.20 Å². The minimum Gasteiger partial charge on any atom is -0.200 e. The summed E-state index contributed by atoms with van der Waals surface area (Å²) in [6, 6.07) is 4.23. The molecule has 2 aromatic rings. The van der Waals surface area contributed by atoms with Crippen molar-refractivity contribution in [1.29, 1.82) is 0 Å². The van der Waals surface area contributed by atoms with Gasteiger partial charge in [0.1, 0.15) is 0 Å². The molecule has 1 nitrogen and oxygen atoms in total. The highest BCUT2D eigenvalue weighted by Crippen LogP contribution is 2.29. The third-order valence-corrected chi connectivity index (χ3v) is 3.73. The zero-order chi connectivity index (χ0) is 7.84. The topological polar surface area (TPSA) is 12.9 Å². The van der Waals surface area contributed by atoms with Crippen LogP contribution in [0.1, 0.15) is 0 Å². The Kier molecular flexibility index (Phi) is 2.16. The SMILES string of the molecule is Brc1cc(I)cc2cnsc12. The second kappa shape index (κ2) is 2.99. The quantitative estimate of drug-likeness (QED) is 0.667. The van der Waals surface area contributed by atoms with Gasteiger partial charge in [-0.15, -0.1) is 0 Å². The average molecular weight is 340 g/mol. The van der Waals surface area contributed by atoms with Crippen molar-refractivity contribution in [2.75, 3.05) is 0 Å². The maximum Gasteiger partial charge on any atom is 0.0692 e. The molecule has 0 saturated heterocycles. The van der Waals surface area contributed by atoms with Gasteiger partial charge in [0, 0.05) is 19.6 Å². The molecule has 56 valence electrons. The Morgan fingerprint density at radius 2 is 2.27 bits per heavy atom. The molecule has 0 aliphatic rings. The van der Waals surface area contributed by atoms with Crippen LogP contribution in [-0.4, -0.2) is 4.37 Å². The number of halogens is 2. The van der Waals surface area contributed by atoms with Crippen molar-refractivity contribution in [1.82, 2.24) is 4.37 Å². The van der Waals surface area contributed by atoms with E-state index < -0.39 is 0 Å². The molecule has 0 spiro atoms. The molecule has 0 saturated carbocycles. The summed E-state index contributed by atoms with van der Waals surface area (Å²) in [6.07, 6.45) is 1.90. The zero-order valence-electron chi connectivity index (χ0n) is 5.34. The fraction of sp³-hybridized carbons (Fsp3) is 0. The van der Waals surface area contributed by atoms with E-state index >= 15 is 0 Å². The molecule has 2 rings (SSSR count). The van der Waals surface area contributed by atoms with Gasteiger partial charge in [-0.25, -0.2) is 0 Å². The molecule has 0 atom stereocenters. The van der Waals surface area contributed by atoms with Gasteiger partial charge in [-0.2, -0.15) is 4.37 Å². The predicted octanol–water partition coefficient (Wildman–Crippen LogP) is 3.66. The number of nitrogens with zero attached hydrogens (tertiary/aromatic N) is 1. The molecule has 0 N–H and O–H groups in total. The molecule has 0 aliphatic heterocycles. The number of hydrogen-bond donors (Lipinski definition) is 0. The largest absolute Gasteiger partial charge is 0.200 e. The van der Waals surface area contributed by atoms with E-state index in [4.69, 9.17) is 0 Å². The summed E-state index contributed by atoms with van der Waals surface area (Å²) in [7, 11) is 0. The van der Waals surface area contributed by atoms with Crippen molar-refractivity contribution in [2.24, 2.45) is 0 Å². The molecular weight excluding hydrogens is 337 g/mol. The van der Waals surface area contributed by atoms with Gasteiger partial charge in [-0.3, -0.25) is 0 Å². The smallest absolute Gasteiger partial charge is 0.0692 e. The van der Waals surface area contributed by atoms with Gasteiger partial charge in [0.15, 0.2) is 0 Å². The summed E-state index contributed by atoms with van der Waals surface area (Å²) in [5.41, 5.74) is 0. The first kappa shape index (κ1) is 7.94. The molecule has 0 aliphatic carbocycles. The zero-order valence-corrected chi connectivity index (χ0v) is 9.90. The van der Waals surface area contributed by atoms with E-state index in [1.165, 1.54) is 25.2 Å². The Labute approximate surface area is 90.2 Å². The van der Waals surface area contributed by atoms with Gasteiger partial charge in [-0.1, -0.05) is 0 Å². The Balaban J connectivity index is 2.91. The first-order chi connectivity index (χ1) is 5.27. The van der Waals surface area contributed by atoms with E-state index in [0.29, 0.717) is 0 Å². The summed E-state index contributed by atoms with van der Waals surface area (Å²) in [5.74, 6) is 0. The van der Waals surface area contributed by atoms with Gasteiger partial charge in [-0.05, 0) is 62.2 Å². The van der Waals surface area contributed by atoms with Crippen molar-refractivity contribution < 1.29 is 0 Å². The standard InChI is InChI=1S/C7H3BrINS/c8-6-2-5(9)1-4-3-10-11-7(4)6/h1-3H. The van der Waals surface area contributed by atoms with Gasteiger partial charge >= 0.3 is 0 Å². The van der Waals surface area contributed by atoms with Gasteiger partial charge in [0.25, 0.3) is 0 Å². The monoisotopic (exact) mass is 339 g/mol. The normalized spacial score (nSPS) is 10.7. The lowest BCUT2D eigenvalue weighted by atomic mass is 10.3. The summed E-state index contributed by atoms with van der Waals surface area (Å²) in [4.78, 5) is 0. The highest BCUT2D eigenvalue weighted by Gasteiger charge is 2.01. The second-order valence-corrected chi connectivity index (χ2v) is 5.03. The van der Waals surface area contributed by atoms with Crippen molar-refractivity contribution in [2.45, 2.75) is 0 Å². The number of hydrogen-bond acceptors (Lipinski definition) is 2. The van der Waals surface area contributed by atoms with Crippen LogP contribution in [0.3, 0.4) is 0 Å². The summed E-state index contributed by atoms with van der Waals surface area (Å²) in [6.45, 7) is 0. The molecular formula is C7H3BrINS. The number of rotatable bonds is 0. The van der Waals surface area contributed by atoms with Crippen molar-refractivity contribution in [3.8, 4) is 0 Å². The molecule has 0 amide bonds. The van der Waals surface area contributed by atoms with Crippen LogP contribution in [-0.2, 0) is 0 Å². The molecule has 0 unspecified atom stereocenters. The number of aromatic nitrogens is 1. The molecule has 11 heavy (non-hydrogen) atoms. The fourth-order valence-corrected chi connectivity index (χ4v) is 3.31. The van der Waals surface area contributed by atoms with E-state index in [0.717, 1.165) is 4.47 Å². The maximum atomic E-state index is 4.11. The average Bonchev–Trinajstić information content (AvgIpc) is 2.34. The molecule has 0 fully saturated rings. The third kappa shape index (κ3) is 1.43. The van der Waals surface area contributed by atoms with Gasteiger partial charge in [0.05, 0.1) is 4.70 Å². The summed E-state index contributed by atoms with van der Waals surface area (Å²) >= 11 is 7.31. The van der Waals surface area contributed by atoms with Crippen molar-refractivity contribution in [3.63, 3.8) is 0 Å². The van der Waals surface area contributed by atoms with E-state index in [-0.39, 0.29) is 0 Å². The third-order valence-electron chi connectivity index (χ3n) is 1.37. The second-order valence-electron chi connectivity index (χ2n) is 2.13. The van der Waals surface area contributed by atoms with Crippen molar-refractivity contribution in [3.05, 3.63) is 26.4 Å². The van der Waals surface area contributed by atoms with Crippen LogP contribution in [0.4, 0.5) is 0 Å². The van der Waals surface area contributed by atoms with Gasteiger partial charge < -0.3 is 0 Å². The first-order valence-electron chi connectivity index (χ1n) is 2.97. The van der Waals surface area contributed by atoms with Crippen LogP contribution < -0.4 is 0 Å². The lowest BCUT2D eigenvalue weighted by molar-refractivity contribution is 1.60. The lowest BCUT2D eigenvalue weighted by Crippen LogP contribution is -1.70. The highest BCUT2D eigenvalue weighted by atomic mass is 127. The molecule has 0 bridgehead atoms. The van der Waals surface area contributed by atoms with Crippen LogP contribution >= 0.6 is 50.1 Å². The maximum absolute atomic E-state index is 4.11.